The summed E-state index contributed by atoms with van der Waals surface area (Å²) in [6, 6.07) is 4.09. The third-order valence-corrected chi connectivity index (χ3v) is 4.06. The van der Waals surface area contributed by atoms with Gasteiger partial charge < -0.3 is 10.6 Å². The highest BCUT2D eigenvalue weighted by atomic mass is 79.9. The van der Waals surface area contributed by atoms with Crippen LogP contribution in [0.3, 0.4) is 0 Å². The zero-order chi connectivity index (χ0) is 10.7. The second kappa shape index (κ2) is 5.09. The Morgan fingerprint density at radius 2 is 2.47 bits per heavy atom. The molecule has 0 aliphatic carbocycles. The molecule has 1 fully saturated rings. The Bertz CT molecular complexity index is 353. The molecule has 0 saturated carbocycles. The average Bonchev–Trinajstić information content (AvgIpc) is 2.63. The predicted molar refractivity (Wildman–Crippen MR) is 64.9 cm³/mol. The maximum atomic E-state index is 11.4. The molecule has 1 aliphatic rings. The monoisotopic (exact) mass is 288 g/mol. The van der Waals surface area contributed by atoms with Crippen LogP contribution >= 0.6 is 27.3 Å². The SMILES string of the molecule is O=C1NCCCC1NCc1ccc(Br)s1. The lowest BCUT2D eigenvalue weighted by atomic mass is 10.1. The number of nitrogens with one attached hydrogen (secondary N) is 2. The Hall–Kier alpha value is -0.390. The van der Waals surface area contributed by atoms with Crippen molar-refractivity contribution >= 4 is 33.2 Å². The van der Waals surface area contributed by atoms with Crippen molar-refractivity contribution in [1.82, 2.24) is 10.6 Å². The Balaban J connectivity index is 1.84. The van der Waals surface area contributed by atoms with Gasteiger partial charge in [-0.25, -0.2) is 0 Å². The molecule has 5 heteroatoms. The fraction of sp³-hybridized carbons (Fsp3) is 0.500. The van der Waals surface area contributed by atoms with Gasteiger partial charge in [0.25, 0.3) is 0 Å². The minimum Gasteiger partial charge on any atom is -0.355 e. The number of rotatable bonds is 3. The summed E-state index contributed by atoms with van der Waals surface area (Å²) < 4.78 is 1.13. The van der Waals surface area contributed by atoms with Crippen LogP contribution in [0, 0.1) is 0 Å². The molecule has 2 heterocycles. The van der Waals surface area contributed by atoms with Gasteiger partial charge in [0.1, 0.15) is 0 Å². The minimum absolute atomic E-state index is 0.0142. The Kier molecular flexibility index (Phi) is 3.77. The maximum absolute atomic E-state index is 11.4. The molecule has 1 saturated heterocycles. The summed E-state index contributed by atoms with van der Waals surface area (Å²) in [5.74, 6) is 0.136. The molecule has 0 bridgehead atoms. The van der Waals surface area contributed by atoms with Crippen molar-refractivity contribution in [3.8, 4) is 0 Å². The van der Waals surface area contributed by atoms with Crippen molar-refractivity contribution in [1.29, 1.82) is 0 Å². The first-order valence-electron chi connectivity index (χ1n) is 5.01. The lowest BCUT2D eigenvalue weighted by Gasteiger charge is -2.22. The van der Waals surface area contributed by atoms with Gasteiger partial charge >= 0.3 is 0 Å². The lowest BCUT2D eigenvalue weighted by Crippen LogP contribution is -2.47. The molecule has 1 aromatic heterocycles. The minimum atomic E-state index is -0.0142. The van der Waals surface area contributed by atoms with Gasteiger partial charge in [-0.1, -0.05) is 0 Å². The van der Waals surface area contributed by atoms with E-state index in [1.54, 1.807) is 11.3 Å². The first kappa shape index (κ1) is 11.1. The molecule has 82 valence electrons. The first-order valence-corrected chi connectivity index (χ1v) is 6.62. The van der Waals surface area contributed by atoms with Gasteiger partial charge in [-0.15, -0.1) is 11.3 Å². The van der Waals surface area contributed by atoms with Crippen LogP contribution in [0.1, 0.15) is 17.7 Å². The van der Waals surface area contributed by atoms with E-state index in [-0.39, 0.29) is 11.9 Å². The van der Waals surface area contributed by atoms with Crippen LogP contribution in [-0.4, -0.2) is 18.5 Å². The van der Waals surface area contributed by atoms with Crippen molar-refractivity contribution < 1.29 is 4.79 Å². The zero-order valence-electron chi connectivity index (χ0n) is 8.25. The summed E-state index contributed by atoms with van der Waals surface area (Å²) in [5, 5.41) is 6.14. The summed E-state index contributed by atoms with van der Waals surface area (Å²) in [6.45, 7) is 1.59. The number of amides is 1. The fourth-order valence-electron chi connectivity index (χ4n) is 1.64. The quantitative estimate of drug-likeness (QED) is 0.892. The van der Waals surface area contributed by atoms with Crippen LogP contribution in [0.25, 0.3) is 0 Å². The maximum Gasteiger partial charge on any atom is 0.237 e. The standard InChI is InChI=1S/C10H13BrN2OS/c11-9-4-3-7(15-9)6-13-8-2-1-5-12-10(8)14/h3-4,8,13H,1-2,5-6H2,(H,12,14). The van der Waals surface area contributed by atoms with E-state index in [0.29, 0.717) is 0 Å². The Labute approximate surface area is 101 Å². The van der Waals surface area contributed by atoms with Crippen molar-refractivity contribution in [3.63, 3.8) is 0 Å². The van der Waals surface area contributed by atoms with Gasteiger partial charge in [0.2, 0.25) is 5.91 Å². The molecule has 2 N–H and O–H groups in total. The topological polar surface area (TPSA) is 41.1 Å². The van der Waals surface area contributed by atoms with Gasteiger partial charge in [0.15, 0.2) is 0 Å². The molecule has 1 amide bonds. The highest BCUT2D eigenvalue weighted by molar-refractivity contribution is 9.11. The second-order valence-corrected chi connectivity index (χ2v) is 6.12. The number of hydrogen-bond acceptors (Lipinski definition) is 3. The second-order valence-electron chi connectivity index (χ2n) is 3.57. The van der Waals surface area contributed by atoms with Crippen molar-refractivity contribution in [3.05, 3.63) is 20.8 Å². The normalized spacial score (nSPS) is 21.4. The molecule has 0 radical (unpaired) electrons. The number of hydrogen-bond donors (Lipinski definition) is 2. The van der Waals surface area contributed by atoms with Crippen LogP contribution in [0.5, 0.6) is 0 Å². The summed E-state index contributed by atoms with van der Waals surface area (Å²) in [7, 11) is 0. The molecular weight excluding hydrogens is 276 g/mol. The van der Waals surface area contributed by atoms with Crippen molar-refractivity contribution in [2.45, 2.75) is 25.4 Å². The molecular formula is C10H13BrN2OS. The number of thiophene rings is 1. The molecule has 1 aliphatic heterocycles. The summed E-state index contributed by atoms with van der Waals surface area (Å²) in [6.07, 6.45) is 2.01. The van der Waals surface area contributed by atoms with Crippen LogP contribution < -0.4 is 10.6 Å². The molecule has 1 atom stereocenters. The van der Waals surface area contributed by atoms with E-state index in [2.05, 4.69) is 32.6 Å². The summed E-state index contributed by atoms with van der Waals surface area (Å²) in [4.78, 5) is 12.7. The lowest BCUT2D eigenvalue weighted by molar-refractivity contribution is -0.124. The fourth-order valence-corrected chi connectivity index (χ4v) is 3.07. The van der Waals surface area contributed by atoms with Gasteiger partial charge in [0.05, 0.1) is 9.83 Å². The van der Waals surface area contributed by atoms with Gasteiger partial charge in [-0.05, 0) is 40.9 Å². The van der Waals surface area contributed by atoms with E-state index in [4.69, 9.17) is 0 Å². The van der Waals surface area contributed by atoms with Gasteiger partial charge in [-0.3, -0.25) is 4.79 Å². The van der Waals surface area contributed by atoms with Crippen LogP contribution in [0.15, 0.2) is 15.9 Å². The van der Waals surface area contributed by atoms with Gasteiger partial charge in [-0.2, -0.15) is 0 Å². The van der Waals surface area contributed by atoms with Crippen molar-refractivity contribution in [2.75, 3.05) is 6.54 Å². The molecule has 1 aromatic rings. The molecule has 1 unspecified atom stereocenters. The summed E-state index contributed by atoms with van der Waals surface area (Å²) >= 11 is 5.12. The van der Waals surface area contributed by atoms with E-state index in [9.17, 15) is 4.79 Å². The van der Waals surface area contributed by atoms with E-state index in [0.717, 1.165) is 29.7 Å². The van der Waals surface area contributed by atoms with E-state index >= 15 is 0 Å². The number of piperidine rings is 1. The Morgan fingerprint density at radius 3 is 3.13 bits per heavy atom. The smallest absolute Gasteiger partial charge is 0.237 e. The highest BCUT2D eigenvalue weighted by Gasteiger charge is 2.20. The largest absolute Gasteiger partial charge is 0.355 e. The third-order valence-electron chi connectivity index (χ3n) is 2.44. The van der Waals surface area contributed by atoms with Crippen molar-refractivity contribution in [2.24, 2.45) is 0 Å². The molecule has 2 rings (SSSR count). The number of halogens is 1. The zero-order valence-corrected chi connectivity index (χ0v) is 10.7. The van der Waals surface area contributed by atoms with Crippen LogP contribution in [0.2, 0.25) is 0 Å². The van der Waals surface area contributed by atoms with E-state index in [1.165, 1.54) is 4.88 Å². The third kappa shape index (κ3) is 3.03. The Morgan fingerprint density at radius 1 is 1.60 bits per heavy atom. The molecule has 0 spiro atoms. The van der Waals surface area contributed by atoms with Crippen LogP contribution in [-0.2, 0) is 11.3 Å². The predicted octanol–water partition coefficient (Wildman–Crippen LogP) is 1.88. The first-order chi connectivity index (χ1) is 7.25. The number of carbonyl (C=O) groups is 1. The highest BCUT2D eigenvalue weighted by Crippen LogP contribution is 2.22. The molecule has 15 heavy (non-hydrogen) atoms. The average molecular weight is 289 g/mol. The molecule has 3 nitrogen and oxygen atoms in total. The summed E-state index contributed by atoms with van der Waals surface area (Å²) in [5.41, 5.74) is 0. The van der Waals surface area contributed by atoms with E-state index < -0.39 is 0 Å². The van der Waals surface area contributed by atoms with E-state index in [1.807, 2.05) is 6.07 Å². The van der Waals surface area contributed by atoms with Gasteiger partial charge in [0, 0.05) is 18.0 Å². The molecule has 0 aromatic carbocycles. The van der Waals surface area contributed by atoms with Crippen LogP contribution in [0.4, 0.5) is 0 Å². The number of carbonyl (C=O) groups excluding carboxylic acids is 1.